The van der Waals surface area contributed by atoms with E-state index < -0.39 is 15.1 Å². The molecular weight excluding hydrogens is 448 g/mol. The quantitative estimate of drug-likeness (QED) is 0.395. The van der Waals surface area contributed by atoms with Gasteiger partial charge in [0.2, 0.25) is 0 Å². The average Bonchev–Trinajstić information content (AvgIpc) is 3.42. The second-order valence-corrected chi connectivity index (χ2v) is 11.8. The Kier molecular flexibility index (Phi) is 5.69. The minimum atomic E-state index is -3.60. The number of imidazole rings is 2. The fourth-order valence-corrected chi connectivity index (χ4v) is 5.83. The topological polar surface area (TPSA) is 121 Å². The van der Waals surface area contributed by atoms with Crippen molar-refractivity contribution in [3.63, 3.8) is 0 Å². The first-order valence-corrected chi connectivity index (χ1v) is 13.2. The molecule has 2 aromatic heterocycles. The summed E-state index contributed by atoms with van der Waals surface area (Å²) in [5, 5.41) is -0.591. The first-order valence-electron chi connectivity index (χ1n) is 11.6. The fourth-order valence-electron chi connectivity index (χ4n) is 4.60. The summed E-state index contributed by atoms with van der Waals surface area (Å²) in [5.41, 5.74) is 10.2. The largest absolute Gasteiger partial charge is 0.369 e. The first kappa shape index (κ1) is 22.6. The van der Waals surface area contributed by atoms with Gasteiger partial charge in [0.15, 0.2) is 15.8 Å². The van der Waals surface area contributed by atoms with E-state index in [0.717, 1.165) is 48.7 Å². The number of sulfone groups is 1. The molecule has 34 heavy (non-hydrogen) atoms. The lowest BCUT2D eigenvalue weighted by Crippen LogP contribution is -2.29. The zero-order chi connectivity index (χ0) is 24.0. The maximum absolute atomic E-state index is 13.2. The summed E-state index contributed by atoms with van der Waals surface area (Å²) < 4.78 is 26.5. The number of nitrogens with zero attached hydrogens (tertiary/aromatic N) is 3. The lowest BCUT2D eigenvalue weighted by molar-refractivity contribution is 0.251. The SMILES string of the molecule is CC(C)S(=O)(=O)c1cc(-c2nc(C3CCN(C)CC3)[nH]c2-c2ccccc2)cc2[nH]c(N)nc12. The number of aromatic amines is 2. The van der Waals surface area contributed by atoms with Crippen LogP contribution in [0, 0.1) is 0 Å². The summed E-state index contributed by atoms with van der Waals surface area (Å²) in [6.07, 6.45) is 2.06. The Hall–Kier alpha value is -3.17. The van der Waals surface area contributed by atoms with E-state index in [9.17, 15) is 8.42 Å². The molecule has 0 unspecified atom stereocenters. The third-order valence-corrected chi connectivity index (χ3v) is 8.83. The summed E-state index contributed by atoms with van der Waals surface area (Å²) in [6.45, 7) is 5.40. The summed E-state index contributed by atoms with van der Waals surface area (Å²) >= 11 is 0. The third kappa shape index (κ3) is 3.99. The van der Waals surface area contributed by atoms with Gasteiger partial charge >= 0.3 is 0 Å². The van der Waals surface area contributed by atoms with E-state index in [0.29, 0.717) is 22.5 Å². The predicted molar refractivity (Wildman–Crippen MR) is 135 cm³/mol. The molecular formula is C25H30N6O2S. The number of rotatable bonds is 5. The van der Waals surface area contributed by atoms with Crippen LogP contribution >= 0.6 is 0 Å². The fraction of sp³-hybridized carbons (Fsp3) is 0.360. The lowest BCUT2D eigenvalue weighted by atomic mass is 9.96. The Bertz CT molecular complexity index is 1430. The number of likely N-dealkylation sites (tertiary alicyclic amines) is 1. The minimum absolute atomic E-state index is 0.172. The standard InChI is InChI=1S/C25H30N6O2S/c1-15(2)34(32,33)20-14-18(13-19-23(20)30-25(26)27-19)22-21(16-7-5-4-6-8-16)28-24(29-22)17-9-11-31(3)12-10-17/h4-8,13-15,17H,9-12H2,1-3H3,(H,28,29)(H3,26,27,30). The normalized spacial score (nSPS) is 16.0. The summed E-state index contributed by atoms with van der Waals surface area (Å²) in [6, 6.07) is 13.6. The van der Waals surface area contributed by atoms with Gasteiger partial charge in [-0.2, -0.15) is 0 Å². The number of nitrogens with two attached hydrogens (primary N) is 1. The number of piperidine rings is 1. The molecule has 1 aliphatic rings. The summed E-state index contributed by atoms with van der Waals surface area (Å²) in [4.78, 5) is 18.4. The smallest absolute Gasteiger partial charge is 0.198 e. The number of H-pyrrole nitrogens is 2. The van der Waals surface area contributed by atoms with Gasteiger partial charge in [0, 0.05) is 17.0 Å². The van der Waals surface area contributed by atoms with Crippen molar-refractivity contribution in [2.24, 2.45) is 0 Å². The Morgan fingerprint density at radius 3 is 2.41 bits per heavy atom. The van der Waals surface area contributed by atoms with Crippen molar-refractivity contribution in [1.29, 1.82) is 0 Å². The molecule has 1 saturated heterocycles. The van der Waals surface area contributed by atoms with E-state index >= 15 is 0 Å². The van der Waals surface area contributed by atoms with Crippen molar-refractivity contribution in [1.82, 2.24) is 24.8 Å². The highest BCUT2D eigenvalue weighted by Gasteiger charge is 2.28. The molecule has 1 aliphatic heterocycles. The maximum Gasteiger partial charge on any atom is 0.198 e. The predicted octanol–water partition coefficient (Wildman–Crippen LogP) is 4.19. The molecule has 4 N–H and O–H groups in total. The zero-order valence-electron chi connectivity index (χ0n) is 19.7. The summed E-state index contributed by atoms with van der Waals surface area (Å²) in [7, 11) is -1.46. The van der Waals surface area contributed by atoms with E-state index in [-0.39, 0.29) is 10.8 Å². The Labute approximate surface area is 199 Å². The number of hydrogen-bond donors (Lipinski definition) is 3. The second kappa shape index (κ2) is 8.56. The molecule has 5 rings (SSSR count). The van der Waals surface area contributed by atoms with Crippen LogP contribution in [0.4, 0.5) is 5.95 Å². The molecule has 2 aromatic carbocycles. The molecule has 8 nitrogen and oxygen atoms in total. The Morgan fingerprint density at radius 1 is 1.03 bits per heavy atom. The lowest BCUT2D eigenvalue weighted by Gasteiger charge is -2.27. The minimum Gasteiger partial charge on any atom is -0.369 e. The van der Waals surface area contributed by atoms with E-state index in [1.165, 1.54) is 0 Å². The molecule has 0 saturated carbocycles. The van der Waals surface area contributed by atoms with Crippen molar-refractivity contribution in [2.45, 2.75) is 42.8 Å². The van der Waals surface area contributed by atoms with Crippen LogP contribution in [-0.4, -0.2) is 58.6 Å². The van der Waals surface area contributed by atoms with Gasteiger partial charge in [0.1, 0.15) is 11.3 Å². The third-order valence-electron chi connectivity index (χ3n) is 6.66. The van der Waals surface area contributed by atoms with E-state index in [4.69, 9.17) is 10.7 Å². The number of nitrogen functional groups attached to an aromatic ring is 1. The number of aromatic nitrogens is 4. The molecule has 178 valence electrons. The molecule has 0 atom stereocenters. The molecule has 0 aliphatic carbocycles. The molecule has 0 amide bonds. The van der Waals surface area contributed by atoms with Gasteiger partial charge in [-0.3, -0.25) is 0 Å². The highest BCUT2D eigenvalue weighted by molar-refractivity contribution is 7.92. The zero-order valence-corrected chi connectivity index (χ0v) is 20.5. The molecule has 1 fully saturated rings. The van der Waals surface area contributed by atoms with Crippen molar-refractivity contribution in [3.8, 4) is 22.5 Å². The van der Waals surface area contributed by atoms with Crippen LogP contribution in [0.1, 0.15) is 38.4 Å². The second-order valence-electron chi connectivity index (χ2n) is 9.38. The highest BCUT2D eigenvalue weighted by Crippen LogP contribution is 2.37. The number of fused-ring (bicyclic) bond motifs is 1. The van der Waals surface area contributed by atoms with Crippen LogP contribution in [-0.2, 0) is 9.84 Å². The summed E-state index contributed by atoms with van der Waals surface area (Å²) in [5.74, 6) is 1.46. The number of hydrogen-bond acceptors (Lipinski definition) is 6. The number of benzene rings is 2. The monoisotopic (exact) mass is 478 g/mol. The van der Waals surface area contributed by atoms with Crippen molar-refractivity contribution in [3.05, 3.63) is 48.3 Å². The Balaban J connectivity index is 1.72. The Morgan fingerprint density at radius 2 is 1.74 bits per heavy atom. The molecule has 9 heteroatoms. The van der Waals surface area contributed by atoms with Crippen molar-refractivity contribution < 1.29 is 8.42 Å². The van der Waals surface area contributed by atoms with Crippen LogP contribution in [0.25, 0.3) is 33.5 Å². The van der Waals surface area contributed by atoms with Gasteiger partial charge in [-0.15, -0.1) is 0 Å². The van der Waals surface area contributed by atoms with Gasteiger partial charge in [0.25, 0.3) is 0 Å². The first-order chi connectivity index (χ1) is 16.2. The van der Waals surface area contributed by atoms with Crippen LogP contribution in [0.2, 0.25) is 0 Å². The van der Waals surface area contributed by atoms with Gasteiger partial charge in [0.05, 0.1) is 27.0 Å². The van der Waals surface area contributed by atoms with Crippen LogP contribution in [0.3, 0.4) is 0 Å². The van der Waals surface area contributed by atoms with Gasteiger partial charge < -0.3 is 20.6 Å². The number of anilines is 1. The van der Waals surface area contributed by atoms with Crippen LogP contribution in [0.5, 0.6) is 0 Å². The van der Waals surface area contributed by atoms with E-state index in [1.807, 2.05) is 36.4 Å². The molecule has 3 heterocycles. The molecule has 0 spiro atoms. The average molecular weight is 479 g/mol. The van der Waals surface area contributed by atoms with E-state index in [1.54, 1.807) is 19.9 Å². The highest BCUT2D eigenvalue weighted by atomic mass is 32.2. The van der Waals surface area contributed by atoms with Crippen molar-refractivity contribution >= 4 is 26.8 Å². The maximum atomic E-state index is 13.2. The van der Waals surface area contributed by atoms with E-state index in [2.05, 4.69) is 26.9 Å². The molecule has 4 aromatic rings. The number of nitrogens with one attached hydrogen (secondary N) is 2. The van der Waals surface area contributed by atoms with Gasteiger partial charge in [-0.25, -0.2) is 18.4 Å². The van der Waals surface area contributed by atoms with Crippen LogP contribution < -0.4 is 5.73 Å². The molecule has 0 radical (unpaired) electrons. The molecule has 0 bridgehead atoms. The van der Waals surface area contributed by atoms with Crippen molar-refractivity contribution in [2.75, 3.05) is 25.9 Å². The van der Waals surface area contributed by atoms with Gasteiger partial charge in [-0.1, -0.05) is 30.3 Å². The van der Waals surface area contributed by atoms with Crippen LogP contribution in [0.15, 0.2) is 47.4 Å². The van der Waals surface area contributed by atoms with Gasteiger partial charge in [-0.05, 0) is 59.0 Å².